The van der Waals surface area contributed by atoms with E-state index in [4.69, 9.17) is 16.2 Å². The molecule has 0 aliphatic heterocycles. The molecule has 0 radical (unpaired) electrons. The summed E-state index contributed by atoms with van der Waals surface area (Å²) in [5, 5.41) is 3.34. The van der Waals surface area contributed by atoms with Crippen molar-refractivity contribution < 1.29 is 8.42 Å². The van der Waals surface area contributed by atoms with Gasteiger partial charge in [-0.2, -0.15) is 0 Å². The summed E-state index contributed by atoms with van der Waals surface area (Å²) in [6.45, 7) is 0. The van der Waals surface area contributed by atoms with E-state index in [1.165, 1.54) is 6.07 Å². The van der Waals surface area contributed by atoms with Crippen LogP contribution < -0.4 is 0 Å². The Hall–Kier alpha value is -1.23. The van der Waals surface area contributed by atoms with E-state index in [1.807, 2.05) is 0 Å². The number of benzene rings is 1. The molecule has 0 saturated carbocycles. The van der Waals surface area contributed by atoms with Crippen molar-refractivity contribution in [3.05, 3.63) is 40.3 Å². The van der Waals surface area contributed by atoms with Crippen molar-refractivity contribution in [3.8, 4) is 0 Å². The zero-order chi connectivity index (χ0) is 10.6. The molecule has 0 spiro atoms. The quantitative estimate of drug-likeness (QED) is 0.347. The molecule has 0 aliphatic rings. The lowest BCUT2D eigenvalue weighted by molar-refractivity contribution is 0.609. The molecule has 0 saturated heterocycles. The fourth-order valence-electron chi connectivity index (χ4n) is 0.959. The van der Waals surface area contributed by atoms with E-state index in [-0.39, 0.29) is 5.75 Å². The van der Waals surface area contributed by atoms with E-state index in [0.717, 1.165) is 0 Å². The Balaban J connectivity index is 3.00. The second-order valence-corrected chi connectivity index (χ2v) is 5.32. The van der Waals surface area contributed by atoms with Crippen LogP contribution in [-0.2, 0) is 14.8 Å². The van der Waals surface area contributed by atoms with E-state index in [2.05, 4.69) is 10.0 Å². The van der Waals surface area contributed by atoms with E-state index in [9.17, 15) is 8.42 Å². The van der Waals surface area contributed by atoms with Gasteiger partial charge in [0.2, 0.25) is 9.05 Å². The molecule has 0 bridgehead atoms. The first-order chi connectivity index (χ1) is 6.51. The summed E-state index contributed by atoms with van der Waals surface area (Å²) < 4.78 is 21.5. The molecule has 7 heteroatoms. The van der Waals surface area contributed by atoms with Crippen LogP contribution in [0.25, 0.3) is 10.4 Å². The first kappa shape index (κ1) is 10.8. The molecular weight excluding hydrogens is 226 g/mol. The Kier molecular flexibility index (Phi) is 3.35. The maximum absolute atomic E-state index is 10.7. The van der Waals surface area contributed by atoms with E-state index < -0.39 is 9.05 Å². The Morgan fingerprint density at radius 2 is 2.21 bits per heavy atom. The van der Waals surface area contributed by atoms with Gasteiger partial charge < -0.3 is 0 Å². The minimum absolute atomic E-state index is 0.274. The Morgan fingerprint density at radius 3 is 2.79 bits per heavy atom. The van der Waals surface area contributed by atoms with Crippen molar-refractivity contribution in [1.82, 2.24) is 0 Å². The van der Waals surface area contributed by atoms with Crippen molar-refractivity contribution >= 4 is 25.4 Å². The highest BCUT2D eigenvalue weighted by Crippen LogP contribution is 2.17. The predicted molar refractivity (Wildman–Crippen MR) is 53.7 cm³/mol. The standard InChI is InChI=1S/C7H6ClN3O2S/c8-14(12,13)5-6-2-1-3-7(4-6)10-11-9/h1-4H,5H2. The van der Waals surface area contributed by atoms with Crippen LogP contribution in [0, 0.1) is 0 Å². The maximum Gasteiger partial charge on any atom is 0.236 e. The van der Waals surface area contributed by atoms with Crippen molar-refractivity contribution in [1.29, 1.82) is 0 Å². The highest BCUT2D eigenvalue weighted by molar-refractivity contribution is 8.13. The van der Waals surface area contributed by atoms with E-state index in [1.54, 1.807) is 18.2 Å². The van der Waals surface area contributed by atoms with Gasteiger partial charge in [0, 0.05) is 21.3 Å². The molecule has 0 amide bonds. The van der Waals surface area contributed by atoms with Crippen LogP contribution in [0.5, 0.6) is 0 Å². The summed E-state index contributed by atoms with van der Waals surface area (Å²) in [6, 6.07) is 6.24. The first-order valence-electron chi connectivity index (χ1n) is 3.57. The third kappa shape index (κ3) is 3.66. The van der Waals surface area contributed by atoms with Crippen LogP contribution in [0.4, 0.5) is 5.69 Å². The van der Waals surface area contributed by atoms with Gasteiger partial charge in [0.25, 0.3) is 0 Å². The Labute approximate surface area is 85.4 Å². The number of azide groups is 1. The molecule has 0 unspecified atom stereocenters. The Morgan fingerprint density at radius 1 is 1.50 bits per heavy atom. The van der Waals surface area contributed by atoms with Crippen molar-refractivity contribution in [2.45, 2.75) is 5.75 Å². The lowest BCUT2D eigenvalue weighted by Crippen LogP contribution is -1.93. The van der Waals surface area contributed by atoms with Gasteiger partial charge >= 0.3 is 0 Å². The molecular formula is C7H6ClN3O2S. The van der Waals surface area contributed by atoms with Crippen LogP contribution >= 0.6 is 10.7 Å². The zero-order valence-corrected chi connectivity index (χ0v) is 8.53. The highest BCUT2D eigenvalue weighted by Gasteiger charge is 2.06. The van der Waals surface area contributed by atoms with Gasteiger partial charge in [-0.05, 0) is 17.2 Å². The average molecular weight is 232 g/mol. The summed E-state index contributed by atoms with van der Waals surface area (Å²) in [6.07, 6.45) is 0. The molecule has 0 aliphatic carbocycles. The number of halogens is 1. The van der Waals surface area contributed by atoms with Gasteiger partial charge in [0.1, 0.15) is 0 Å². The third-order valence-corrected chi connectivity index (χ3v) is 2.42. The molecule has 0 aromatic heterocycles. The zero-order valence-electron chi connectivity index (χ0n) is 6.96. The molecule has 0 heterocycles. The van der Waals surface area contributed by atoms with Gasteiger partial charge in [0.15, 0.2) is 0 Å². The highest BCUT2D eigenvalue weighted by atomic mass is 35.7. The number of nitrogens with zero attached hydrogens (tertiary/aromatic N) is 3. The molecule has 5 nitrogen and oxygen atoms in total. The van der Waals surface area contributed by atoms with Crippen LogP contribution in [0.3, 0.4) is 0 Å². The van der Waals surface area contributed by atoms with Crippen molar-refractivity contribution in [3.63, 3.8) is 0 Å². The summed E-state index contributed by atoms with van der Waals surface area (Å²) in [5.41, 5.74) is 9.01. The summed E-state index contributed by atoms with van der Waals surface area (Å²) in [7, 11) is 1.49. The van der Waals surface area contributed by atoms with Crippen molar-refractivity contribution in [2.75, 3.05) is 0 Å². The molecule has 1 rings (SSSR count). The molecule has 0 fully saturated rings. The monoisotopic (exact) mass is 231 g/mol. The van der Waals surface area contributed by atoms with Crippen LogP contribution in [0.1, 0.15) is 5.56 Å². The van der Waals surface area contributed by atoms with Crippen LogP contribution in [-0.4, -0.2) is 8.42 Å². The first-order valence-corrected chi connectivity index (χ1v) is 6.05. The number of hydrogen-bond acceptors (Lipinski definition) is 3. The van der Waals surface area contributed by atoms with Gasteiger partial charge in [-0.3, -0.25) is 0 Å². The lowest BCUT2D eigenvalue weighted by atomic mass is 10.2. The number of rotatable bonds is 3. The maximum atomic E-state index is 10.7. The smallest absolute Gasteiger partial charge is 0.212 e. The summed E-state index contributed by atoms with van der Waals surface area (Å²) in [4.78, 5) is 2.59. The molecule has 14 heavy (non-hydrogen) atoms. The van der Waals surface area contributed by atoms with Gasteiger partial charge in [0.05, 0.1) is 5.75 Å². The molecule has 0 atom stereocenters. The fourth-order valence-corrected chi connectivity index (χ4v) is 1.91. The second-order valence-electron chi connectivity index (χ2n) is 2.54. The minimum atomic E-state index is -3.57. The molecule has 1 aromatic rings. The topological polar surface area (TPSA) is 82.9 Å². The summed E-state index contributed by atoms with van der Waals surface area (Å²) in [5.74, 6) is -0.274. The van der Waals surface area contributed by atoms with Crippen LogP contribution in [0.15, 0.2) is 29.4 Å². The second kappa shape index (κ2) is 4.32. The van der Waals surface area contributed by atoms with E-state index >= 15 is 0 Å². The minimum Gasteiger partial charge on any atom is -0.212 e. The van der Waals surface area contributed by atoms with Gasteiger partial charge in [-0.1, -0.05) is 23.3 Å². The van der Waals surface area contributed by atoms with Crippen molar-refractivity contribution in [2.24, 2.45) is 5.11 Å². The molecule has 74 valence electrons. The molecule has 0 N–H and O–H groups in total. The average Bonchev–Trinajstić information content (AvgIpc) is 2.02. The van der Waals surface area contributed by atoms with Gasteiger partial charge in [-0.15, -0.1) is 0 Å². The lowest BCUT2D eigenvalue weighted by Gasteiger charge is -1.98. The fraction of sp³-hybridized carbons (Fsp3) is 0.143. The van der Waals surface area contributed by atoms with E-state index in [0.29, 0.717) is 11.3 Å². The summed E-state index contributed by atoms with van der Waals surface area (Å²) >= 11 is 0. The third-order valence-electron chi connectivity index (χ3n) is 1.41. The largest absolute Gasteiger partial charge is 0.236 e. The number of hydrogen-bond donors (Lipinski definition) is 0. The van der Waals surface area contributed by atoms with Gasteiger partial charge in [-0.25, -0.2) is 8.42 Å². The predicted octanol–water partition coefficient (Wildman–Crippen LogP) is 2.70. The SMILES string of the molecule is [N-]=[N+]=Nc1cccc(CS(=O)(=O)Cl)c1. The Bertz CT molecular complexity index is 479. The normalized spacial score (nSPS) is 10.6. The van der Waals surface area contributed by atoms with Crippen LogP contribution in [0.2, 0.25) is 0 Å². The molecule has 1 aromatic carbocycles.